The quantitative estimate of drug-likeness (QED) is 0.723. The lowest BCUT2D eigenvalue weighted by molar-refractivity contribution is 0.0462. The van der Waals surface area contributed by atoms with Gasteiger partial charge in [0.15, 0.2) is 0 Å². The maximum atomic E-state index is 13.1. The summed E-state index contributed by atoms with van der Waals surface area (Å²) >= 11 is 0. The number of hydrogen-bond donors (Lipinski definition) is 1. The average Bonchev–Trinajstić information content (AvgIpc) is 2.79. The number of piperidine rings is 1. The van der Waals surface area contributed by atoms with Gasteiger partial charge in [-0.2, -0.15) is 0 Å². The fourth-order valence-corrected chi connectivity index (χ4v) is 4.34. The standard InChI is InChI=1S/C24H27N3O3/c1-3-27-21-10-9-19(15-20(21)25-16(2)23(27)29)24(30)26-13-11-18(12-14-26)22(28)17-7-5-4-6-8-17/h4-10,15,18,22,28H,3,11-14H2,1-2H3/t22-/m0/s1. The summed E-state index contributed by atoms with van der Waals surface area (Å²) < 4.78 is 1.68. The van der Waals surface area contributed by atoms with Gasteiger partial charge in [0.2, 0.25) is 0 Å². The third kappa shape index (κ3) is 3.75. The highest BCUT2D eigenvalue weighted by Gasteiger charge is 2.28. The Morgan fingerprint density at radius 3 is 2.53 bits per heavy atom. The third-order valence-electron chi connectivity index (χ3n) is 6.09. The predicted octanol–water partition coefficient (Wildman–Crippen LogP) is 3.31. The summed E-state index contributed by atoms with van der Waals surface area (Å²) in [6.07, 6.45) is 1.03. The molecule has 1 saturated heterocycles. The summed E-state index contributed by atoms with van der Waals surface area (Å²) in [7, 11) is 0. The highest BCUT2D eigenvalue weighted by Crippen LogP contribution is 2.31. The average molecular weight is 405 g/mol. The Morgan fingerprint density at radius 2 is 1.87 bits per heavy atom. The number of aliphatic hydroxyl groups excluding tert-OH is 1. The zero-order valence-corrected chi connectivity index (χ0v) is 17.4. The molecule has 1 aliphatic rings. The maximum absolute atomic E-state index is 13.1. The van der Waals surface area contributed by atoms with Crippen LogP contribution in [0.25, 0.3) is 11.0 Å². The lowest BCUT2D eigenvalue weighted by atomic mass is 9.87. The van der Waals surface area contributed by atoms with Gasteiger partial charge in [-0.1, -0.05) is 30.3 Å². The molecule has 2 heterocycles. The molecule has 1 N–H and O–H groups in total. The Kier molecular flexibility index (Phi) is 5.68. The molecule has 0 saturated carbocycles. The molecule has 4 rings (SSSR count). The number of likely N-dealkylation sites (tertiary alicyclic amines) is 1. The summed E-state index contributed by atoms with van der Waals surface area (Å²) in [5.41, 5.74) is 3.26. The van der Waals surface area contributed by atoms with Gasteiger partial charge in [-0.05, 0) is 56.4 Å². The topological polar surface area (TPSA) is 75.4 Å². The number of amides is 1. The van der Waals surface area contributed by atoms with Crippen LogP contribution in [-0.4, -0.2) is 38.6 Å². The summed E-state index contributed by atoms with van der Waals surface area (Å²) in [6.45, 7) is 5.42. The van der Waals surface area contributed by atoms with Gasteiger partial charge < -0.3 is 14.6 Å². The molecule has 1 amide bonds. The van der Waals surface area contributed by atoms with Crippen molar-refractivity contribution >= 4 is 16.9 Å². The normalized spacial score (nSPS) is 16.0. The van der Waals surface area contributed by atoms with Crippen LogP contribution in [0.5, 0.6) is 0 Å². The molecular formula is C24H27N3O3. The van der Waals surface area contributed by atoms with Crippen LogP contribution in [0.15, 0.2) is 53.3 Å². The van der Waals surface area contributed by atoms with Crippen molar-refractivity contribution in [3.63, 3.8) is 0 Å². The van der Waals surface area contributed by atoms with Gasteiger partial charge in [0, 0.05) is 25.2 Å². The van der Waals surface area contributed by atoms with Crippen LogP contribution in [0.3, 0.4) is 0 Å². The Labute approximate surface area is 175 Å². The fraction of sp³-hybridized carbons (Fsp3) is 0.375. The number of carbonyl (C=O) groups excluding carboxylic acids is 1. The molecule has 156 valence electrons. The molecule has 6 nitrogen and oxygen atoms in total. The lowest BCUT2D eigenvalue weighted by Gasteiger charge is -2.34. The number of aromatic nitrogens is 2. The van der Waals surface area contributed by atoms with Crippen molar-refractivity contribution in [1.29, 1.82) is 0 Å². The van der Waals surface area contributed by atoms with Crippen molar-refractivity contribution in [1.82, 2.24) is 14.5 Å². The minimum atomic E-state index is -0.498. The van der Waals surface area contributed by atoms with Crippen molar-refractivity contribution < 1.29 is 9.90 Å². The Balaban J connectivity index is 1.50. The van der Waals surface area contributed by atoms with Gasteiger partial charge in [0.1, 0.15) is 5.69 Å². The van der Waals surface area contributed by atoms with Crippen LogP contribution < -0.4 is 5.56 Å². The molecule has 3 aromatic rings. The van der Waals surface area contributed by atoms with E-state index < -0.39 is 6.10 Å². The van der Waals surface area contributed by atoms with Crippen molar-refractivity contribution in [2.24, 2.45) is 5.92 Å². The molecule has 2 aromatic carbocycles. The number of carbonyl (C=O) groups is 1. The number of aliphatic hydroxyl groups is 1. The summed E-state index contributed by atoms with van der Waals surface area (Å²) in [5, 5.41) is 10.7. The summed E-state index contributed by atoms with van der Waals surface area (Å²) in [4.78, 5) is 31.6. The second-order valence-corrected chi connectivity index (χ2v) is 7.94. The Bertz CT molecular complexity index is 1120. The van der Waals surface area contributed by atoms with Crippen LogP contribution in [-0.2, 0) is 6.54 Å². The molecule has 0 unspecified atom stereocenters. The second kappa shape index (κ2) is 8.40. The molecule has 1 aromatic heterocycles. The first-order chi connectivity index (χ1) is 14.5. The fourth-order valence-electron chi connectivity index (χ4n) is 4.34. The molecule has 1 aliphatic heterocycles. The Morgan fingerprint density at radius 1 is 1.17 bits per heavy atom. The molecule has 6 heteroatoms. The van der Waals surface area contributed by atoms with Crippen LogP contribution >= 0.6 is 0 Å². The monoisotopic (exact) mass is 405 g/mol. The van der Waals surface area contributed by atoms with E-state index in [2.05, 4.69) is 4.98 Å². The molecule has 30 heavy (non-hydrogen) atoms. The highest BCUT2D eigenvalue weighted by atomic mass is 16.3. The molecular weight excluding hydrogens is 378 g/mol. The number of fused-ring (bicyclic) bond motifs is 1. The van der Waals surface area contributed by atoms with E-state index in [1.807, 2.05) is 48.2 Å². The maximum Gasteiger partial charge on any atom is 0.272 e. The minimum Gasteiger partial charge on any atom is -0.388 e. The molecule has 1 atom stereocenters. The van der Waals surface area contributed by atoms with Crippen molar-refractivity contribution in [2.45, 2.75) is 39.3 Å². The smallest absolute Gasteiger partial charge is 0.272 e. The van der Waals surface area contributed by atoms with Gasteiger partial charge in [-0.25, -0.2) is 4.98 Å². The summed E-state index contributed by atoms with van der Waals surface area (Å²) in [5.74, 6) is 0.120. The summed E-state index contributed by atoms with van der Waals surface area (Å²) in [6, 6.07) is 15.1. The van der Waals surface area contributed by atoms with Crippen LogP contribution in [0.4, 0.5) is 0 Å². The van der Waals surface area contributed by atoms with E-state index in [4.69, 9.17) is 0 Å². The Hall–Kier alpha value is -2.99. The van der Waals surface area contributed by atoms with Gasteiger partial charge in [-0.3, -0.25) is 9.59 Å². The minimum absolute atomic E-state index is 0.0294. The van der Waals surface area contributed by atoms with E-state index in [0.717, 1.165) is 23.9 Å². The highest BCUT2D eigenvalue weighted by molar-refractivity contribution is 5.97. The SMILES string of the molecule is CCn1c(=O)c(C)nc2cc(C(=O)N3CCC([C@@H](O)c4ccccc4)CC3)ccc21. The van der Waals surface area contributed by atoms with E-state index in [1.54, 1.807) is 23.6 Å². The van der Waals surface area contributed by atoms with Gasteiger partial charge in [0.25, 0.3) is 11.5 Å². The predicted molar refractivity (Wildman–Crippen MR) is 116 cm³/mol. The van der Waals surface area contributed by atoms with Crippen molar-refractivity contribution in [2.75, 3.05) is 13.1 Å². The third-order valence-corrected chi connectivity index (χ3v) is 6.09. The van der Waals surface area contributed by atoms with Crippen LogP contribution in [0.2, 0.25) is 0 Å². The van der Waals surface area contributed by atoms with Crippen molar-refractivity contribution in [3.8, 4) is 0 Å². The molecule has 0 spiro atoms. The number of benzene rings is 2. The van der Waals surface area contributed by atoms with E-state index in [-0.39, 0.29) is 17.4 Å². The molecule has 0 radical (unpaired) electrons. The zero-order valence-electron chi connectivity index (χ0n) is 17.4. The molecule has 0 bridgehead atoms. The number of nitrogens with zero attached hydrogens (tertiary/aromatic N) is 3. The van der Waals surface area contributed by atoms with Crippen molar-refractivity contribution in [3.05, 3.63) is 75.7 Å². The first kappa shape index (κ1) is 20.3. The van der Waals surface area contributed by atoms with E-state index in [1.165, 1.54) is 0 Å². The number of rotatable bonds is 4. The molecule has 1 fully saturated rings. The molecule has 0 aliphatic carbocycles. The van der Waals surface area contributed by atoms with E-state index >= 15 is 0 Å². The number of aryl methyl sites for hydroxylation is 2. The van der Waals surface area contributed by atoms with E-state index in [0.29, 0.717) is 36.4 Å². The second-order valence-electron chi connectivity index (χ2n) is 7.94. The zero-order chi connectivity index (χ0) is 21.3. The van der Waals surface area contributed by atoms with Gasteiger partial charge in [-0.15, -0.1) is 0 Å². The van der Waals surface area contributed by atoms with Crippen LogP contribution in [0.1, 0.15) is 47.5 Å². The van der Waals surface area contributed by atoms with Gasteiger partial charge in [0.05, 0.1) is 17.1 Å². The number of hydrogen-bond acceptors (Lipinski definition) is 4. The van der Waals surface area contributed by atoms with Gasteiger partial charge >= 0.3 is 0 Å². The lowest BCUT2D eigenvalue weighted by Crippen LogP contribution is -2.39. The van der Waals surface area contributed by atoms with Crippen LogP contribution in [0, 0.1) is 12.8 Å². The van der Waals surface area contributed by atoms with E-state index in [9.17, 15) is 14.7 Å². The largest absolute Gasteiger partial charge is 0.388 e. The first-order valence-electron chi connectivity index (χ1n) is 10.5. The first-order valence-corrected chi connectivity index (χ1v) is 10.5.